The lowest BCUT2D eigenvalue weighted by Gasteiger charge is -2.22. The van der Waals surface area contributed by atoms with E-state index < -0.39 is 6.04 Å². The molecule has 0 saturated carbocycles. The van der Waals surface area contributed by atoms with E-state index >= 15 is 0 Å². The topological polar surface area (TPSA) is 97.6 Å². The maximum atomic E-state index is 12.8. The van der Waals surface area contributed by atoms with Gasteiger partial charge >= 0.3 is 0 Å². The third-order valence-electron chi connectivity index (χ3n) is 4.68. The molecule has 1 saturated heterocycles. The number of carbonyl (C=O) groups excluding carboxylic acids is 2. The number of hydrogen-bond acceptors (Lipinski definition) is 8. The molecule has 4 rings (SSSR count). The van der Waals surface area contributed by atoms with Crippen LogP contribution in [0.15, 0.2) is 58.2 Å². The number of ether oxygens (including phenoxy) is 1. The molecule has 1 aromatic heterocycles. The molecule has 0 radical (unpaired) electrons. The van der Waals surface area contributed by atoms with Gasteiger partial charge in [0.15, 0.2) is 0 Å². The molecule has 8 nitrogen and oxygen atoms in total. The van der Waals surface area contributed by atoms with E-state index in [0.717, 1.165) is 17.3 Å². The minimum atomic E-state index is -0.539. The van der Waals surface area contributed by atoms with Crippen LogP contribution in [0.3, 0.4) is 0 Å². The lowest BCUT2D eigenvalue weighted by atomic mass is 10.2. The molecule has 1 aliphatic heterocycles. The number of benzene rings is 2. The van der Waals surface area contributed by atoms with Gasteiger partial charge in [0.2, 0.25) is 17.7 Å². The number of amides is 2. The lowest BCUT2D eigenvalue weighted by molar-refractivity contribution is -0.134. The molecule has 3 aromatic rings. The molecule has 32 heavy (non-hydrogen) atoms. The van der Waals surface area contributed by atoms with Gasteiger partial charge in [0.25, 0.3) is 5.22 Å². The number of hydrogen-bond donors (Lipinski definition) is 1. The highest BCUT2D eigenvalue weighted by Gasteiger charge is 2.34. The molecule has 0 spiro atoms. The largest absolute Gasteiger partial charge is 0.497 e. The van der Waals surface area contributed by atoms with Crippen molar-refractivity contribution in [2.45, 2.75) is 11.3 Å². The second-order valence-electron chi connectivity index (χ2n) is 6.77. The van der Waals surface area contributed by atoms with Gasteiger partial charge in [0, 0.05) is 22.0 Å². The van der Waals surface area contributed by atoms with Crippen molar-refractivity contribution < 1.29 is 18.7 Å². The molecule has 1 N–H and O–H groups in total. The van der Waals surface area contributed by atoms with Gasteiger partial charge in [0.05, 0.1) is 18.7 Å². The van der Waals surface area contributed by atoms with Crippen LogP contribution in [0.25, 0.3) is 11.5 Å². The number of carbonyl (C=O) groups is 2. The van der Waals surface area contributed by atoms with Crippen LogP contribution in [0.2, 0.25) is 5.02 Å². The van der Waals surface area contributed by atoms with Crippen LogP contribution < -0.4 is 10.1 Å². The first-order valence-corrected chi connectivity index (χ1v) is 12.1. The van der Waals surface area contributed by atoms with Crippen molar-refractivity contribution in [3.05, 3.63) is 53.6 Å². The Bertz CT molecular complexity index is 1090. The predicted molar refractivity (Wildman–Crippen MR) is 125 cm³/mol. The van der Waals surface area contributed by atoms with E-state index in [4.69, 9.17) is 20.8 Å². The highest BCUT2D eigenvalue weighted by atomic mass is 35.5. The zero-order valence-electron chi connectivity index (χ0n) is 17.0. The van der Waals surface area contributed by atoms with E-state index in [1.807, 2.05) is 0 Å². The summed E-state index contributed by atoms with van der Waals surface area (Å²) >= 11 is 8.58. The minimum Gasteiger partial charge on any atom is -0.497 e. The van der Waals surface area contributed by atoms with Gasteiger partial charge in [-0.25, -0.2) is 0 Å². The van der Waals surface area contributed by atoms with Crippen LogP contribution in [0.5, 0.6) is 5.75 Å². The normalized spacial score (nSPS) is 15.6. The molecule has 11 heteroatoms. The number of rotatable bonds is 7. The number of aromatic nitrogens is 2. The highest BCUT2D eigenvalue weighted by Crippen LogP contribution is 2.27. The minimum absolute atomic E-state index is 0.0924. The Morgan fingerprint density at radius 1 is 1.22 bits per heavy atom. The summed E-state index contributed by atoms with van der Waals surface area (Å²) < 4.78 is 10.8. The summed E-state index contributed by atoms with van der Waals surface area (Å²) in [6, 6.07) is 13.5. The summed E-state index contributed by atoms with van der Waals surface area (Å²) in [5.74, 6) is 1.76. The van der Waals surface area contributed by atoms with Gasteiger partial charge in [-0.05, 0) is 48.5 Å². The van der Waals surface area contributed by atoms with Crippen LogP contribution in [-0.4, -0.2) is 57.4 Å². The monoisotopic (exact) mass is 490 g/mol. The molecule has 1 fully saturated rings. The quantitative estimate of drug-likeness (QED) is 0.496. The number of methoxy groups -OCH3 is 1. The van der Waals surface area contributed by atoms with E-state index in [1.54, 1.807) is 72.3 Å². The first kappa shape index (κ1) is 22.5. The van der Waals surface area contributed by atoms with Crippen LogP contribution >= 0.6 is 35.1 Å². The third kappa shape index (κ3) is 5.37. The zero-order valence-corrected chi connectivity index (χ0v) is 19.4. The molecule has 1 aliphatic rings. The maximum absolute atomic E-state index is 12.8. The molecular formula is C21H19ClN4O4S2. The van der Waals surface area contributed by atoms with E-state index in [2.05, 4.69) is 15.5 Å². The Balaban J connectivity index is 1.33. The summed E-state index contributed by atoms with van der Waals surface area (Å²) in [5.41, 5.74) is 1.39. The van der Waals surface area contributed by atoms with Crippen molar-refractivity contribution >= 4 is 52.6 Å². The first-order chi connectivity index (χ1) is 15.5. The summed E-state index contributed by atoms with van der Waals surface area (Å²) in [6.07, 6.45) is 0. The number of nitrogens with one attached hydrogen (secondary N) is 1. The van der Waals surface area contributed by atoms with Crippen molar-refractivity contribution in [1.29, 1.82) is 0 Å². The van der Waals surface area contributed by atoms with Crippen molar-refractivity contribution in [3.8, 4) is 17.2 Å². The molecule has 2 aromatic carbocycles. The van der Waals surface area contributed by atoms with Crippen molar-refractivity contribution in [2.24, 2.45) is 0 Å². The van der Waals surface area contributed by atoms with E-state index in [-0.39, 0.29) is 22.8 Å². The van der Waals surface area contributed by atoms with Gasteiger partial charge in [-0.1, -0.05) is 23.4 Å². The van der Waals surface area contributed by atoms with Crippen LogP contribution in [0, 0.1) is 0 Å². The Morgan fingerprint density at radius 2 is 1.97 bits per heavy atom. The number of halogens is 1. The number of nitrogens with zero attached hydrogens (tertiary/aromatic N) is 3. The summed E-state index contributed by atoms with van der Waals surface area (Å²) in [4.78, 5) is 27.1. The van der Waals surface area contributed by atoms with E-state index in [0.29, 0.717) is 34.0 Å². The summed E-state index contributed by atoms with van der Waals surface area (Å²) in [5, 5.41) is 11.8. The van der Waals surface area contributed by atoms with Gasteiger partial charge in [-0.15, -0.1) is 22.0 Å². The molecule has 1 atom stereocenters. The molecule has 0 bridgehead atoms. The fraction of sp³-hybridized carbons (Fsp3) is 0.238. The summed E-state index contributed by atoms with van der Waals surface area (Å²) in [6.45, 7) is 0. The lowest BCUT2D eigenvalue weighted by Crippen LogP contribution is -2.45. The smallest absolute Gasteiger partial charge is 0.277 e. The first-order valence-electron chi connectivity index (χ1n) is 9.58. The fourth-order valence-corrected chi connectivity index (χ4v) is 4.94. The van der Waals surface area contributed by atoms with E-state index in [9.17, 15) is 9.59 Å². The summed E-state index contributed by atoms with van der Waals surface area (Å²) in [7, 11) is 1.58. The molecule has 2 heterocycles. The number of thioether (sulfide) groups is 2. The standard InChI is InChI=1S/C21H19ClN4O4S2/c1-29-16-8-6-15(7-9-16)23-19(28)17-10-31-12-26(17)18(27)11-32-21-25-24-20(30-21)13-2-4-14(22)5-3-13/h2-9,17H,10-12H2,1H3,(H,23,28). The Kier molecular flexibility index (Phi) is 7.23. The maximum Gasteiger partial charge on any atom is 0.277 e. The average molecular weight is 491 g/mol. The van der Waals surface area contributed by atoms with Gasteiger partial charge in [-0.2, -0.15) is 0 Å². The molecule has 0 aliphatic carbocycles. The van der Waals surface area contributed by atoms with Crippen LogP contribution in [-0.2, 0) is 9.59 Å². The van der Waals surface area contributed by atoms with Gasteiger partial charge in [-0.3, -0.25) is 9.59 Å². The van der Waals surface area contributed by atoms with Crippen molar-refractivity contribution in [2.75, 3.05) is 29.8 Å². The molecule has 1 unspecified atom stereocenters. The van der Waals surface area contributed by atoms with Gasteiger partial charge < -0.3 is 19.4 Å². The number of anilines is 1. The van der Waals surface area contributed by atoms with Gasteiger partial charge in [0.1, 0.15) is 11.8 Å². The molecular weight excluding hydrogens is 472 g/mol. The van der Waals surface area contributed by atoms with Crippen molar-refractivity contribution in [3.63, 3.8) is 0 Å². The third-order valence-corrected chi connectivity index (χ3v) is 6.75. The van der Waals surface area contributed by atoms with Crippen molar-refractivity contribution in [1.82, 2.24) is 15.1 Å². The fourth-order valence-electron chi connectivity index (χ4n) is 2.99. The Labute approximate surface area is 198 Å². The Hall–Kier alpha value is -2.69. The predicted octanol–water partition coefficient (Wildman–Crippen LogP) is 4.03. The second-order valence-corrected chi connectivity index (χ2v) is 9.13. The average Bonchev–Trinajstić information content (AvgIpc) is 3.49. The SMILES string of the molecule is COc1ccc(NC(=O)C2CSCN2C(=O)CSc2nnc(-c3ccc(Cl)cc3)o2)cc1. The van der Waals surface area contributed by atoms with E-state index in [1.165, 1.54) is 0 Å². The molecule has 2 amide bonds. The van der Waals surface area contributed by atoms with Crippen LogP contribution in [0.4, 0.5) is 5.69 Å². The second kappa shape index (κ2) is 10.3. The highest BCUT2D eigenvalue weighted by molar-refractivity contribution is 8.00. The van der Waals surface area contributed by atoms with Crippen LogP contribution in [0.1, 0.15) is 0 Å². The zero-order chi connectivity index (χ0) is 22.5. The Morgan fingerprint density at radius 3 is 2.69 bits per heavy atom. The molecule has 166 valence electrons.